The van der Waals surface area contributed by atoms with E-state index in [1.807, 2.05) is 0 Å². The summed E-state index contributed by atoms with van der Waals surface area (Å²) in [6.45, 7) is 0. The molecule has 180 valence electrons. The average Bonchev–Trinajstić information content (AvgIpc) is 3.32. The molecule has 0 saturated heterocycles. The van der Waals surface area contributed by atoms with Crippen LogP contribution >= 0.6 is 22.9 Å². The highest BCUT2D eigenvalue weighted by Crippen LogP contribution is 2.33. The Hall–Kier alpha value is -4.15. The number of nitrogens with zero attached hydrogens (tertiary/aromatic N) is 3. The zero-order chi connectivity index (χ0) is 25.4. The van der Waals surface area contributed by atoms with Crippen LogP contribution in [0.1, 0.15) is 15.9 Å². The van der Waals surface area contributed by atoms with Crippen LogP contribution in [0.4, 0.5) is 14.6 Å². The predicted molar refractivity (Wildman–Crippen MR) is 133 cm³/mol. The third kappa shape index (κ3) is 4.43. The van der Waals surface area contributed by atoms with Gasteiger partial charge < -0.3 is 10.5 Å². The van der Waals surface area contributed by atoms with E-state index >= 15 is 0 Å². The Bertz CT molecular complexity index is 1690. The number of ketones is 1. The van der Waals surface area contributed by atoms with Crippen molar-refractivity contribution in [2.45, 2.75) is 6.42 Å². The topological polar surface area (TPSA) is 100 Å². The van der Waals surface area contributed by atoms with E-state index in [1.54, 1.807) is 5.51 Å². The van der Waals surface area contributed by atoms with E-state index in [0.717, 1.165) is 6.07 Å². The summed E-state index contributed by atoms with van der Waals surface area (Å²) in [7, 11) is 0. The number of anilines is 1. The molecular formula is C25H15ClF2N4O3S. The number of thiazole rings is 1. The fourth-order valence-corrected chi connectivity index (χ4v) is 4.55. The van der Waals surface area contributed by atoms with Gasteiger partial charge in [-0.3, -0.25) is 14.2 Å². The summed E-state index contributed by atoms with van der Waals surface area (Å²) in [6, 6.07) is 12.2. The van der Waals surface area contributed by atoms with Crippen molar-refractivity contribution in [2.24, 2.45) is 0 Å². The molecule has 11 heteroatoms. The standard InChI is InChI=1S/C25H15ClF2N4O3S/c26-22-21(7-8-30-23(22)29)35-20-6-1-13(9-17(20)28)10-19(33)16-11-18-25(36-12-31-18)32(24(16)34)15-4-2-14(27)3-5-15/h1-9,11-12H,10H2,(H2,29,30). The number of benzene rings is 2. The molecule has 2 aromatic carbocycles. The van der Waals surface area contributed by atoms with Crippen LogP contribution in [-0.2, 0) is 6.42 Å². The quantitative estimate of drug-likeness (QED) is 0.291. The van der Waals surface area contributed by atoms with Crippen LogP contribution in [0.25, 0.3) is 16.0 Å². The molecule has 0 aliphatic heterocycles. The van der Waals surface area contributed by atoms with Crippen LogP contribution in [-0.4, -0.2) is 20.3 Å². The van der Waals surface area contributed by atoms with Crippen molar-refractivity contribution in [3.63, 3.8) is 0 Å². The number of rotatable bonds is 6. The van der Waals surface area contributed by atoms with Gasteiger partial charge in [0, 0.05) is 18.7 Å². The van der Waals surface area contributed by atoms with E-state index in [9.17, 15) is 18.4 Å². The molecule has 2 N–H and O–H groups in total. The van der Waals surface area contributed by atoms with Gasteiger partial charge in [0.25, 0.3) is 5.56 Å². The lowest BCUT2D eigenvalue weighted by molar-refractivity contribution is 0.0991. The van der Waals surface area contributed by atoms with Gasteiger partial charge in [0.2, 0.25) is 0 Å². The molecule has 36 heavy (non-hydrogen) atoms. The van der Waals surface area contributed by atoms with Gasteiger partial charge in [0.1, 0.15) is 21.5 Å². The number of aromatic nitrogens is 3. The minimum absolute atomic E-state index is 0.0418. The lowest BCUT2D eigenvalue weighted by Crippen LogP contribution is -2.26. The number of carbonyl (C=O) groups excluding carboxylic acids is 1. The molecule has 0 saturated carbocycles. The van der Waals surface area contributed by atoms with E-state index in [4.69, 9.17) is 22.1 Å². The SMILES string of the molecule is Nc1nccc(Oc2ccc(CC(=O)c3cc4ncsc4n(-c4ccc(F)cc4)c3=O)cc2F)c1Cl. The Morgan fingerprint density at radius 3 is 2.58 bits per heavy atom. The first-order valence-electron chi connectivity index (χ1n) is 10.5. The minimum atomic E-state index is -0.731. The molecule has 3 heterocycles. The van der Waals surface area contributed by atoms with Crippen molar-refractivity contribution in [3.8, 4) is 17.2 Å². The Labute approximate surface area is 211 Å². The second-order valence-electron chi connectivity index (χ2n) is 7.69. The summed E-state index contributed by atoms with van der Waals surface area (Å²) in [6.07, 6.45) is 1.13. The number of halogens is 3. The van der Waals surface area contributed by atoms with Gasteiger partial charge in [-0.25, -0.2) is 18.7 Å². The van der Waals surface area contributed by atoms with Crippen molar-refractivity contribution in [1.29, 1.82) is 0 Å². The molecule has 3 aromatic heterocycles. The molecule has 0 aliphatic carbocycles. The number of ether oxygens (including phenoxy) is 1. The Balaban J connectivity index is 1.45. The van der Waals surface area contributed by atoms with Crippen molar-refractivity contribution in [2.75, 3.05) is 5.73 Å². The number of nitrogens with two attached hydrogens (primary N) is 1. The summed E-state index contributed by atoms with van der Waals surface area (Å²) in [5.74, 6) is -1.66. The second kappa shape index (κ2) is 9.48. The van der Waals surface area contributed by atoms with Gasteiger partial charge in [-0.05, 0) is 48.0 Å². The van der Waals surface area contributed by atoms with Crippen LogP contribution in [0.15, 0.2) is 71.1 Å². The predicted octanol–water partition coefficient (Wildman–Crippen LogP) is 5.57. The molecule has 0 fully saturated rings. The molecule has 5 aromatic rings. The van der Waals surface area contributed by atoms with Gasteiger partial charge in [-0.1, -0.05) is 17.7 Å². The van der Waals surface area contributed by atoms with E-state index in [2.05, 4.69) is 9.97 Å². The molecule has 0 aliphatic rings. The highest BCUT2D eigenvalue weighted by Gasteiger charge is 2.20. The largest absolute Gasteiger partial charge is 0.453 e. The molecular weight excluding hydrogens is 510 g/mol. The average molecular weight is 525 g/mol. The van der Waals surface area contributed by atoms with Crippen LogP contribution in [0, 0.1) is 11.6 Å². The Morgan fingerprint density at radius 2 is 1.83 bits per heavy atom. The number of nitrogen functional groups attached to an aromatic ring is 1. The fraction of sp³-hybridized carbons (Fsp3) is 0.0400. The summed E-state index contributed by atoms with van der Waals surface area (Å²) in [5, 5.41) is 0.0472. The summed E-state index contributed by atoms with van der Waals surface area (Å²) >= 11 is 7.26. The van der Waals surface area contributed by atoms with Gasteiger partial charge in [-0.15, -0.1) is 11.3 Å². The van der Waals surface area contributed by atoms with E-state index in [0.29, 0.717) is 21.6 Å². The number of Topliss-reactive ketones (excluding diaryl/α,β-unsaturated/α-hetero) is 1. The van der Waals surface area contributed by atoms with Crippen LogP contribution in [0.2, 0.25) is 5.02 Å². The molecule has 5 rings (SSSR count). The zero-order valence-electron chi connectivity index (χ0n) is 18.2. The highest BCUT2D eigenvalue weighted by atomic mass is 35.5. The van der Waals surface area contributed by atoms with Crippen molar-refractivity contribution >= 4 is 44.9 Å². The molecule has 0 bridgehead atoms. The monoisotopic (exact) mass is 524 g/mol. The summed E-state index contributed by atoms with van der Waals surface area (Å²) < 4.78 is 35.0. The molecule has 0 spiro atoms. The number of carbonyl (C=O) groups is 1. The lowest BCUT2D eigenvalue weighted by atomic mass is 10.0. The first kappa shape index (κ1) is 23.6. The second-order valence-corrected chi connectivity index (χ2v) is 8.90. The zero-order valence-corrected chi connectivity index (χ0v) is 19.8. The smallest absolute Gasteiger partial charge is 0.267 e. The molecule has 0 amide bonds. The highest BCUT2D eigenvalue weighted by molar-refractivity contribution is 7.16. The van der Waals surface area contributed by atoms with Gasteiger partial charge in [-0.2, -0.15) is 0 Å². The lowest BCUT2D eigenvalue weighted by Gasteiger charge is -2.11. The first-order chi connectivity index (χ1) is 17.3. The third-order valence-corrected chi connectivity index (χ3v) is 6.55. The van der Waals surface area contributed by atoms with E-state index in [1.165, 1.54) is 70.6 Å². The maximum atomic E-state index is 14.8. The van der Waals surface area contributed by atoms with Gasteiger partial charge in [0.15, 0.2) is 23.1 Å². The first-order valence-corrected chi connectivity index (χ1v) is 11.7. The molecule has 0 atom stereocenters. The number of hydrogen-bond donors (Lipinski definition) is 1. The van der Waals surface area contributed by atoms with Crippen LogP contribution < -0.4 is 16.0 Å². The Morgan fingerprint density at radius 1 is 1.06 bits per heavy atom. The summed E-state index contributed by atoms with van der Waals surface area (Å²) in [5.41, 5.74) is 7.67. The van der Waals surface area contributed by atoms with Crippen LogP contribution in [0.5, 0.6) is 11.5 Å². The van der Waals surface area contributed by atoms with Crippen molar-refractivity contribution in [3.05, 3.63) is 104 Å². The van der Waals surface area contributed by atoms with Gasteiger partial charge in [0.05, 0.1) is 22.3 Å². The summed E-state index contributed by atoms with van der Waals surface area (Å²) in [4.78, 5) is 35.0. The fourth-order valence-electron chi connectivity index (χ4n) is 3.61. The van der Waals surface area contributed by atoms with Crippen molar-refractivity contribution in [1.82, 2.24) is 14.5 Å². The van der Waals surface area contributed by atoms with Gasteiger partial charge >= 0.3 is 0 Å². The van der Waals surface area contributed by atoms with Crippen LogP contribution in [0.3, 0.4) is 0 Å². The maximum absolute atomic E-state index is 14.8. The molecule has 0 radical (unpaired) electrons. The number of pyridine rings is 2. The van der Waals surface area contributed by atoms with E-state index < -0.39 is 23.0 Å². The Kier molecular flexibility index (Phi) is 6.21. The normalized spacial score (nSPS) is 11.1. The molecule has 7 nitrogen and oxygen atoms in total. The van der Waals surface area contributed by atoms with E-state index in [-0.39, 0.29) is 34.3 Å². The number of hydrogen-bond acceptors (Lipinski definition) is 7. The maximum Gasteiger partial charge on any atom is 0.267 e. The minimum Gasteiger partial charge on any atom is -0.453 e. The number of fused-ring (bicyclic) bond motifs is 1. The molecule has 0 unspecified atom stereocenters. The van der Waals surface area contributed by atoms with Crippen molar-refractivity contribution < 1.29 is 18.3 Å². The third-order valence-electron chi connectivity index (χ3n) is 5.34.